The van der Waals surface area contributed by atoms with Gasteiger partial charge in [-0.3, -0.25) is 0 Å². The van der Waals surface area contributed by atoms with Crippen molar-refractivity contribution in [3.05, 3.63) is 83.0 Å². The molecule has 0 amide bonds. The lowest BCUT2D eigenvalue weighted by atomic mass is 10.1. The number of nitrogens with one attached hydrogen (secondary N) is 1. The first-order chi connectivity index (χ1) is 15.4. The Morgan fingerprint density at radius 1 is 1.03 bits per heavy atom. The molecule has 0 aliphatic carbocycles. The van der Waals surface area contributed by atoms with Crippen LogP contribution in [0, 0.1) is 0 Å². The van der Waals surface area contributed by atoms with Crippen LogP contribution in [0.5, 0.6) is 0 Å². The van der Waals surface area contributed by atoms with E-state index in [1.165, 1.54) is 30.2 Å². The molecule has 0 bridgehead atoms. The van der Waals surface area contributed by atoms with Crippen LogP contribution in [0.25, 0.3) is 11.4 Å². The van der Waals surface area contributed by atoms with Crippen LogP contribution in [-0.2, 0) is 18.5 Å². The molecule has 0 fully saturated rings. The Hall–Kier alpha value is -3.11. The average molecular weight is 478 g/mol. The number of thioether (sulfide) groups is 1. The highest BCUT2D eigenvalue weighted by atomic mass is 35.5. The topological polar surface area (TPSA) is 76.7 Å². The summed E-state index contributed by atoms with van der Waals surface area (Å²) in [4.78, 5) is 12.6. The van der Waals surface area contributed by atoms with Gasteiger partial charge < -0.3 is 9.84 Å². The largest absolute Gasteiger partial charge is 0.416 e. The first-order valence-electron chi connectivity index (χ1n) is 9.31. The molecule has 2 heterocycles. The van der Waals surface area contributed by atoms with Crippen molar-refractivity contribution in [2.45, 2.75) is 23.5 Å². The minimum Gasteiger partial charge on any atom is -0.366 e. The van der Waals surface area contributed by atoms with Crippen LogP contribution >= 0.6 is 23.4 Å². The molecule has 2 aromatic heterocycles. The normalized spacial score (nSPS) is 11.5. The van der Waals surface area contributed by atoms with Crippen molar-refractivity contribution in [2.75, 3.05) is 5.32 Å². The van der Waals surface area contributed by atoms with Crippen LogP contribution in [0.1, 0.15) is 17.0 Å². The van der Waals surface area contributed by atoms with Crippen molar-refractivity contribution in [3.8, 4) is 11.4 Å². The van der Waals surface area contributed by atoms with Gasteiger partial charge in [-0.2, -0.15) is 18.2 Å². The van der Waals surface area contributed by atoms with Crippen LogP contribution in [0.3, 0.4) is 0 Å². The van der Waals surface area contributed by atoms with Crippen molar-refractivity contribution in [1.29, 1.82) is 0 Å². The number of benzene rings is 2. The molecule has 4 aromatic rings. The highest BCUT2D eigenvalue weighted by Gasteiger charge is 2.30. The zero-order valence-corrected chi connectivity index (χ0v) is 17.9. The molecule has 0 spiro atoms. The smallest absolute Gasteiger partial charge is 0.366 e. The number of rotatable bonds is 7. The molecule has 0 aliphatic rings. The van der Waals surface area contributed by atoms with Gasteiger partial charge in [-0.15, -0.1) is 0 Å². The predicted octanol–water partition coefficient (Wildman–Crippen LogP) is 6.10. The number of anilines is 1. The average Bonchev–Trinajstić information content (AvgIpc) is 3.26. The Labute approximate surface area is 190 Å². The number of alkyl halides is 3. The summed E-state index contributed by atoms with van der Waals surface area (Å²) in [5, 5.41) is 8.31. The monoisotopic (exact) mass is 477 g/mol. The predicted molar refractivity (Wildman–Crippen MR) is 115 cm³/mol. The molecule has 0 saturated heterocycles. The zero-order chi connectivity index (χ0) is 22.6. The maximum atomic E-state index is 12.9. The van der Waals surface area contributed by atoms with E-state index in [1.807, 2.05) is 24.3 Å². The summed E-state index contributed by atoms with van der Waals surface area (Å²) in [5.74, 6) is 1.29. The summed E-state index contributed by atoms with van der Waals surface area (Å²) in [5.41, 5.74) is 0.399. The minimum atomic E-state index is -4.44. The van der Waals surface area contributed by atoms with Crippen LogP contribution in [0.2, 0.25) is 5.02 Å². The second-order valence-corrected chi connectivity index (χ2v) is 7.97. The Morgan fingerprint density at radius 2 is 1.88 bits per heavy atom. The molecule has 1 N–H and O–H groups in total. The van der Waals surface area contributed by atoms with Crippen molar-refractivity contribution < 1.29 is 17.7 Å². The Balaban J connectivity index is 1.38. The Bertz CT molecular complexity index is 1220. The molecule has 32 heavy (non-hydrogen) atoms. The molecule has 0 aliphatic heterocycles. The van der Waals surface area contributed by atoms with Crippen molar-refractivity contribution in [3.63, 3.8) is 0 Å². The van der Waals surface area contributed by atoms with Crippen molar-refractivity contribution in [2.24, 2.45) is 0 Å². The maximum absolute atomic E-state index is 12.9. The highest BCUT2D eigenvalue weighted by Crippen LogP contribution is 2.32. The second kappa shape index (κ2) is 9.58. The summed E-state index contributed by atoms with van der Waals surface area (Å²) in [6.07, 6.45) is -3.01. The Kier molecular flexibility index (Phi) is 6.61. The lowest BCUT2D eigenvalue weighted by molar-refractivity contribution is -0.137. The lowest BCUT2D eigenvalue weighted by Gasteiger charge is -2.07. The van der Waals surface area contributed by atoms with E-state index in [1.54, 1.807) is 6.07 Å². The lowest BCUT2D eigenvalue weighted by Crippen LogP contribution is -2.04. The molecule has 164 valence electrons. The third-order valence-corrected chi connectivity index (χ3v) is 5.60. The van der Waals surface area contributed by atoms with E-state index in [2.05, 4.69) is 25.4 Å². The van der Waals surface area contributed by atoms with Gasteiger partial charge in [-0.25, -0.2) is 9.97 Å². The van der Waals surface area contributed by atoms with Crippen LogP contribution < -0.4 is 5.32 Å². The number of aromatic nitrogens is 4. The second-order valence-electron chi connectivity index (χ2n) is 6.57. The molecule has 2 aromatic carbocycles. The standard InChI is InChI=1S/C21H15ClF3N5OS/c22-16-7-2-1-4-14(16)10-26-17-9-19(28-12-27-17)32-11-18-29-20(30-31-18)13-5-3-6-15(8-13)21(23,24)25/h1-9,12H,10-11H2,(H,26,27,28). The molecule has 0 atom stereocenters. The molecule has 6 nitrogen and oxygen atoms in total. The first-order valence-corrected chi connectivity index (χ1v) is 10.7. The summed E-state index contributed by atoms with van der Waals surface area (Å²) >= 11 is 7.50. The third kappa shape index (κ3) is 5.57. The number of nitrogens with zero attached hydrogens (tertiary/aromatic N) is 4. The van der Waals surface area contributed by atoms with E-state index in [0.29, 0.717) is 28.2 Å². The van der Waals surface area contributed by atoms with E-state index in [4.69, 9.17) is 16.1 Å². The maximum Gasteiger partial charge on any atom is 0.416 e. The van der Waals surface area contributed by atoms with Gasteiger partial charge >= 0.3 is 6.18 Å². The molecular formula is C21H15ClF3N5OS. The summed E-state index contributed by atoms with van der Waals surface area (Å²) < 4.78 is 43.9. The summed E-state index contributed by atoms with van der Waals surface area (Å²) in [6, 6.07) is 14.1. The minimum absolute atomic E-state index is 0.0940. The highest BCUT2D eigenvalue weighted by molar-refractivity contribution is 7.98. The van der Waals surface area contributed by atoms with Gasteiger partial charge in [0.2, 0.25) is 11.7 Å². The summed E-state index contributed by atoms with van der Waals surface area (Å²) in [6.45, 7) is 0.505. The fourth-order valence-electron chi connectivity index (χ4n) is 2.74. The fourth-order valence-corrected chi connectivity index (χ4v) is 3.65. The van der Waals surface area contributed by atoms with Gasteiger partial charge in [0.15, 0.2) is 0 Å². The first kappa shape index (κ1) is 22.1. The molecule has 0 saturated carbocycles. The quantitative estimate of drug-likeness (QED) is 0.254. The van der Waals surface area contributed by atoms with Crippen LogP contribution in [0.4, 0.5) is 19.0 Å². The third-order valence-electron chi connectivity index (χ3n) is 4.32. The van der Waals surface area contributed by atoms with E-state index in [9.17, 15) is 13.2 Å². The van der Waals surface area contributed by atoms with Gasteiger partial charge in [-0.1, -0.05) is 58.9 Å². The molecule has 0 radical (unpaired) electrons. The fraction of sp³-hybridized carbons (Fsp3) is 0.143. The molecule has 11 heteroatoms. The SMILES string of the molecule is FC(F)(F)c1cccc(-c2noc(CSc3cc(NCc4ccccc4Cl)ncn3)n2)c1. The molecule has 0 unspecified atom stereocenters. The van der Waals surface area contributed by atoms with E-state index >= 15 is 0 Å². The Morgan fingerprint density at radius 3 is 2.69 bits per heavy atom. The van der Waals surface area contributed by atoms with Crippen molar-refractivity contribution >= 4 is 29.2 Å². The van der Waals surface area contributed by atoms with Crippen LogP contribution in [0.15, 0.2) is 70.5 Å². The van der Waals surface area contributed by atoms with Gasteiger partial charge in [-0.05, 0) is 23.8 Å². The molecular weight excluding hydrogens is 463 g/mol. The van der Waals surface area contributed by atoms with Gasteiger partial charge in [0, 0.05) is 23.2 Å². The van der Waals surface area contributed by atoms with Gasteiger partial charge in [0.25, 0.3) is 0 Å². The van der Waals surface area contributed by atoms with Gasteiger partial charge in [0.1, 0.15) is 17.2 Å². The number of halogens is 4. The number of hydrogen-bond acceptors (Lipinski definition) is 7. The number of hydrogen-bond donors (Lipinski definition) is 1. The molecule has 4 rings (SSSR count). The van der Waals surface area contributed by atoms with E-state index in [-0.39, 0.29) is 17.3 Å². The van der Waals surface area contributed by atoms with Crippen LogP contribution in [-0.4, -0.2) is 20.1 Å². The summed E-state index contributed by atoms with van der Waals surface area (Å²) in [7, 11) is 0. The van der Waals surface area contributed by atoms with Gasteiger partial charge in [0.05, 0.1) is 11.3 Å². The van der Waals surface area contributed by atoms with E-state index < -0.39 is 11.7 Å². The zero-order valence-electron chi connectivity index (χ0n) is 16.3. The van der Waals surface area contributed by atoms with Crippen molar-refractivity contribution in [1.82, 2.24) is 20.1 Å². The van der Waals surface area contributed by atoms with E-state index in [0.717, 1.165) is 17.7 Å².